The molecule has 1 heteroatoms. The predicted octanol–water partition coefficient (Wildman–Crippen LogP) is 2.78. The van der Waals surface area contributed by atoms with Crippen molar-refractivity contribution in [1.29, 1.82) is 0 Å². The van der Waals surface area contributed by atoms with Crippen molar-refractivity contribution in [1.82, 2.24) is 0 Å². The molecular weight excluding hydrogens is 151 g/mol. The van der Waals surface area contributed by atoms with Crippen molar-refractivity contribution in [3.05, 3.63) is 41.2 Å². The van der Waals surface area contributed by atoms with Gasteiger partial charge in [-0.3, -0.25) is 0 Å². The molecule has 0 atom stereocenters. The average Bonchev–Trinajstić information content (AvgIpc) is 2.08. The molecule has 0 aromatic heterocycles. The Labute approximate surface area is 71.7 Å². The first-order chi connectivity index (χ1) is 5.75. The summed E-state index contributed by atoms with van der Waals surface area (Å²) in [6.07, 6.45) is 8.31. The monoisotopic (exact) mass is 160 g/mol. The molecule has 0 bridgehead atoms. The first kappa shape index (κ1) is 8.55. The Morgan fingerprint density at radius 2 is 2.25 bits per heavy atom. The normalized spacial score (nSPS) is 10.1. The summed E-state index contributed by atoms with van der Waals surface area (Å²) in [4.78, 5) is 0. The van der Waals surface area contributed by atoms with E-state index in [0.29, 0.717) is 5.56 Å². The third-order valence-corrected chi connectivity index (χ3v) is 1.67. The van der Waals surface area contributed by atoms with E-state index in [2.05, 4.69) is 5.92 Å². The van der Waals surface area contributed by atoms with Crippen LogP contribution in [0.5, 0.6) is 0 Å². The minimum atomic E-state index is -0.200. The van der Waals surface area contributed by atoms with Crippen LogP contribution >= 0.6 is 0 Å². The van der Waals surface area contributed by atoms with Crippen LogP contribution in [0.2, 0.25) is 0 Å². The van der Waals surface area contributed by atoms with Crippen LogP contribution in [0.1, 0.15) is 11.1 Å². The van der Waals surface area contributed by atoms with Crippen molar-refractivity contribution in [2.45, 2.75) is 6.92 Å². The van der Waals surface area contributed by atoms with E-state index in [0.717, 1.165) is 5.56 Å². The van der Waals surface area contributed by atoms with Crippen LogP contribution in [-0.2, 0) is 0 Å². The highest BCUT2D eigenvalue weighted by molar-refractivity contribution is 5.56. The molecule has 0 amide bonds. The third-order valence-electron chi connectivity index (χ3n) is 1.67. The molecule has 1 aromatic rings. The van der Waals surface area contributed by atoms with Crippen LogP contribution in [0.15, 0.2) is 24.3 Å². The lowest BCUT2D eigenvalue weighted by Crippen LogP contribution is -1.84. The van der Waals surface area contributed by atoms with Crippen molar-refractivity contribution < 1.29 is 4.39 Å². The summed E-state index contributed by atoms with van der Waals surface area (Å²) >= 11 is 0. The van der Waals surface area contributed by atoms with E-state index in [4.69, 9.17) is 6.42 Å². The Bertz CT molecular complexity index is 343. The fourth-order valence-corrected chi connectivity index (χ4v) is 0.943. The number of allylic oxidation sites excluding steroid dienone is 1. The summed E-state index contributed by atoms with van der Waals surface area (Å²) in [5.74, 6) is 2.16. The maximum atomic E-state index is 12.9. The second kappa shape index (κ2) is 3.73. The Hall–Kier alpha value is -1.55. The van der Waals surface area contributed by atoms with Gasteiger partial charge in [-0.2, -0.15) is 0 Å². The Morgan fingerprint density at radius 3 is 2.92 bits per heavy atom. The molecule has 12 heavy (non-hydrogen) atoms. The Balaban J connectivity index is 3.10. The van der Waals surface area contributed by atoms with Gasteiger partial charge in [0.1, 0.15) is 5.82 Å². The minimum absolute atomic E-state index is 0.200. The zero-order chi connectivity index (χ0) is 8.97. The predicted molar refractivity (Wildman–Crippen MR) is 49.0 cm³/mol. The maximum Gasteiger partial charge on any atom is 0.126 e. The third kappa shape index (κ3) is 1.73. The zero-order valence-electron chi connectivity index (χ0n) is 6.84. The van der Waals surface area contributed by atoms with Crippen LogP contribution in [-0.4, -0.2) is 0 Å². The lowest BCUT2D eigenvalue weighted by molar-refractivity contribution is 0.618. The Kier molecular flexibility index (Phi) is 2.66. The summed E-state index contributed by atoms with van der Waals surface area (Å²) in [7, 11) is 0. The molecule has 0 spiro atoms. The Morgan fingerprint density at radius 1 is 1.50 bits per heavy atom. The average molecular weight is 160 g/mol. The molecular formula is C11H9F. The first-order valence-electron chi connectivity index (χ1n) is 3.63. The molecule has 0 aliphatic heterocycles. The smallest absolute Gasteiger partial charge is 0.126 e. The molecule has 0 aliphatic rings. The van der Waals surface area contributed by atoms with Gasteiger partial charge in [0.2, 0.25) is 0 Å². The van der Waals surface area contributed by atoms with Gasteiger partial charge in [0.25, 0.3) is 0 Å². The molecule has 60 valence electrons. The van der Waals surface area contributed by atoms with Crippen molar-refractivity contribution >= 4 is 6.08 Å². The van der Waals surface area contributed by atoms with Gasteiger partial charge in [-0.05, 0) is 36.3 Å². The molecule has 0 N–H and O–H groups in total. The van der Waals surface area contributed by atoms with Gasteiger partial charge in [-0.25, -0.2) is 4.39 Å². The number of hydrogen-bond donors (Lipinski definition) is 0. The molecule has 0 unspecified atom stereocenters. The van der Waals surface area contributed by atoms with Crippen LogP contribution in [0, 0.1) is 25.1 Å². The quantitative estimate of drug-likeness (QED) is 0.554. The number of hydrogen-bond acceptors (Lipinski definition) is 0. The molecule has 0 heterocycles. The molecule has 0 fully saturated rings. The summed E-state index contributed by atoms with van der Waals surface area (Å²) in [5.41, 5.74) is 1.46. The summed E-state index contributed by atoms with van der Waals surface area (Å²) in [5, 5.41) is 0. The van der Waals surface area contributed by atoms with Crippen LogP contribution in [0.3, 0.4) is 0 Å². The number of benzene rings is 1. The van der Waals surface area contributed by atoms with Gasteiger partial charge >= 0.3 is 0 Å². The topological polar surface area (TPSA) is 0 Å². The van der Waals surface area contributed by atoms with Crippen molar-refractivity contribution in [2.75, 3.05) is 0 Å². The summed E-state index contributed by atoms with van der Waals surface area (Å²) < 4.78 is 12.9. The van der Waals surface area contributed by atoms with Gasteiger partial charge in [0, 0.05) is 0 Å². The highest BCUT2D eigenvalue weighted by Gasteiger charge is 1.98. The van der Waals surface area contributed by atoms with Crippen molar-refractivity contribution in [2.24, 2.45) is 0 Å². The summed E-state index contributed by atoms with van der Waals surface area (Å²) in [6, 6.07) is 4.92. The van der Waals surface area contributed by atoms with Gasteiger partial charge in [0.05, 0.1) is 0 Å². The van der Waals surface area contributed by atoms with E-state index < -0.39 is 0 Å². The van der Waals surface area contributed by atoms with Gasteiger partial charge in [-0.15, -0.1) is 6.42 Å². The second-order valence-electron chi connectivity index (χ2n) is 2.45. The van der Waals surface area contributed by atoms with E-state index in [1.807, 2.05) is 6.07 Å². The number of terminal acetylenes is 1. The molecule has 0 nitrogen and oxygen atoms in total. The molecule has 1 aromatic carbocycles. The highest BCUT2D eigenvalue weighted by atomic mass is 19.1. The van der Waals surface area contributed by atoms with Gasteiger partial charge in [-0.1, -0.05) is 18.1 Å². The lowest BCUT2D eigenvalue weighted by atomic mass is 10.1. The zero-order valence-corrected chi connectivity index (χ0v) is 6.84. The minimum Gasteiger partial charge on any atom is -0.207 e. The van der Waals surface area contributed by atoms with E-state index in [1.165, 1.54) is 6.07 Å². The standard InChI is InChI=1S/C11H9F/c1-3-4-6-10-7-5-8-11(12)9(10)2/h1,4-8H,2H3/b6-4-. The summed E-state index contributed by atoms with van der Waals surface area (Å²) in [6.45, 7) is 1.73. The fraction of sp³-hybridized carbons (Fsp3) is 0.0909. The van der Waals surface area contributed by atoms with Crippen molar-refractivity contribution in [3.63, 3.8) is 0 Å². The maximum absolute atomic E-state index is 12.9. The fourth-order valence-electron chi connectivity index (χ4n) is 0.943. The van der Waals surface area contributed by atoms with Crippen LogP contribution in [0.4, 0.5) is 4.39 Å². The molecule has 1 rings (SSSR count). The number of rotatable bonds is 1. The van der Waals surface area contributed by atoms with Crippen LogP contribution < -0.4 is 0 Å². The van der Waals surface area contributed by atoms with E-state index in [1.54, 1.807) is 25.1 Å². The van der Waals surface area contributed by atoms with Gasteiger partial charge < -0.3 is 0 Å². The molecule has 0 radical (unpaired) electrons. The van der Waals surface area contributed by atoms with Crippen LogP contribution in [0.25, 0.3) is 6.08 Å². The largest absolute Gasteiger partial charge is 0.207 e. The van der Waals surface area contributed by atoms with E-state index in [-0.39, 0.29) is 5.82 Å². The van der Waals surface area contributed by atoms with Gasteiger partial charge in [0.15, 0.2) is 0 Å². The van der Waals surface area contributed by atoms with Crippen molar-refractivity contribution in [3.8, 4) is 12.3 Å². The SMILES string of the molecule is C#C/C=C\c1cccc(F)c1C. The van der Waals surface area contributed by atoms with E-state index in [9.17, 15) is 4.39 Å². The number of halogens is 1. The lowest BCUT2D eigenvalue weighted by Gasteiger charge is -1.99. The molecule has 0 saturated carbocycles. The first-order valence-corrected chi connectivity index (χ1v) is 3.63. The van der Waals surface area contributed by atoms with E-state index >= 15 is 0 Å². The second-order valence-corrected chi connectivity index (χ2v) is 2.45. The molecule has 0 saturated heterocycles. The highest BCUT2D eigenvalue weighted by Crippen LogP contribution is 2.12. The molecule has 0 aliphatic carbocycles.